The van der Waals surface area contributed by atoms with Gasteiger partial charge in [0.2, 0.25) is 5.95 Å². The van der Waals surface area contributed by atoms with Gasteiger partial charge in [-0.25, -0.2) is 14.4 Å². The van der Waals surface area contributed by atoms with E-state index in [1.165, 1.54) is 12.1 Å². The smallest absolute Gasteiger partial charge is 0.257 e. The molecule has 0 bridgehead atoms. The monoisotopic (exact) mass is 392 g/mol. The van der Waals surface area contributed by atoms with Crippen LogP contribution in [0.15, 0.2) is 61.1 Å². The van der Waals surface area contributed by atoms with Crippen LogP contribution in [0.1, 0.15) is 16.1 Å². The lowest BCUT2D eigenvalue weighted by molar-refractivity contribution is 0.0746. The Labute approximate surface area is 168 Å². The van der Waals surface area contributed by atoms with E-state index in [4.69, 9.17) is 0 Å². The summed E-state index contributed by atoms with van der Waals surface area (Å²) in [7, 11) is 0. The molecular formula is C21H21FN6O. The Morgan fingerprint density at radius 1 is 0.966 bits per heavy atom. The highest BCUT2D eigenvalue weighted by atomic mass is 19.1. The molecule has 3 heterocycles. The second-order valence-electron chi connectivity index (χ2n) is 6.73. The Balaban J connectivity index is 1.31. The molecule has 0 aliphatic carbocycles. The fraction of sp³-hybridized carbons (Fsp3) is 0.238. The number of aromatic nitrogens is 3. The molecule has 2 aromatic heterocycles. The molecule has 1 aliphatic rings. The van der Waals surface area contributed by atoms with Crippen molar-refractivity contribution >= 4 is 17.5 Å². The number of halogens is 1. The minimum Gasteiger partial charge on any atom is -0.368 e. The largest absolute Gasteiger partial charge is 0.368 e. The van der Waals surface area contributed by atoms with E-state index in [-0.39, 0.29) is 11.7 Å². The van der Waals surface area contributed by atoms with E-state index < -0.39 is 0 Å². The van der Waals surface area contributed by atoms with Crippen LogP contribution in [0.5, 0.6) is 0 Å². The topological polar surface area (TPSA) is 74.2 Å². The van der Waals surface area contributed by atoms with Crippen molar-refractivity contribution in [1.29, 1.82) is 0 Å². The molecule has 0 saturated carbocycles. The standard InChI is InChI=1S/C21H21FN6O/c22-17-4-6-19(7-5-17)27-9-11-28(12-10-27)20(29)16-13-24-21(25-14-16)26-15-18-3-1-2-8-23-18/h1-8,13-14H,9-12,15H2,(H,24,25,26). The number of amides is 1. The molecule has 1 aliphatic heterocycles. The molecule has 1 aromatic carbocycles. The molecule has 29 heavy (non-hydrogen) atoms. The van der Waals surface area contributed by atoms with Crippen LogP contribution < -0.4 is 10.2 Å². The van der Waals surface area contributed by atoms with Crippen molar-refractivity contribution < 1.29 is 9.18 Å². The van der Waals surface area contributed by atoms with Crippen molar-refractivity contribution in [3.05, 3.63) is 78.1 Å². The zero-order chi connectivity index (χ0) is 20.1. The predicted octanol–water partition coefficient (Wildman–Crippen LogP) is 2.59. The number of rotatable bonds is 5. The second kappa shape index (κ2) is 8.64. The Morgan fingerprint density at radius 2 is 1.69 bits per heavy atom. The van der Waals surface area contributed by atoms with Gasteiger partial charge >= 0.3 is 0 Å². The summed E-state index contributed by atoms with van der Waals surface area (Å²) in [4.78, 5) is 29.4. The van der Waals surface area contributed by atoms with Gasteiger partial charge in [0, 0.05) is 50.5 Å². The summed E-state index contributed by atoms with van der Waals surface area (Å²) in [6.07, 6.45) is 4.82. The lowest BCUT2D eigenvalue weighted by atomic mass is 10.2. The lowest BCUT2D eigenvalue weighted by Crippen LogP contribution is -2.48. The highest BCUT2D eigenvalue weighted by molar-refractivity contribution is 5.93. The van der Waals surface area contributed by atoms with E-state index in [1.807, 2.05) is 18.2 Å². The van der Waals surface area contributed by atoms with Crippen LogP contribution in [0, 0.1) is 5.82 Å². The van der Waals surface area contributed by atoms with Gasteiger partial charge in [0.25, 0.3) is 5.91 Å². The van der Waals surface area contributed by atoms with E-state index in [9.17, 15) is 9.18 Å². The molecule has 1 amide bonds. The van der Waals surface area contributed by atoms with E-state index in [2.05, 4.69) is 25.2 Å². The van der Waals surface area contributed by atoms with E-state index in [0.717, 1.165) is 11.4 Å². The normalized spacial score (nSPS) is 14.0. The lowest BCUT2D eigenvalue weighted by Gasteiger charge is -2.36. The number of hydrogen-bond acceptors (Lipinski definition) is 6. The highest BCUT2D eigenvalue weighted by Gasteiger charge is 2.22. The van der Waals surface area contributed by atoms with Crippen molar-refractivity contribution in [2.24, 2.45) is 0 Å². The Bertz CT molecular complexity index is 941. The van der Waals surface area contributed by atoms with E-state index in [0.29, 0.717) is 44.2 Å². The van der Waals surface area contributed by atoms with Gasteiger partial charge in [0.05, 0.1) is 17.8 Å². The van der Waals surface area contributed by atoms with Crippen molar-refractivity contribution in [2.75, 3.05) is 36.4 Å². The quantitative estimate of drug-likeness (QED) is 0.720. The number of nitrogens with one attached hydrogen (secondary N) is 1. The Hall–Kier alpha value is -3.55. The summed E-state index contributed by atoms with van der Waals surface area (Å²) >= 11 is 0. The number of piperazine rings is 1. The predicted molar refractivity (Wildman–Crippen MR) is 108 cm³/mol. The summed E-state index contributed by atoms with van der Waals surface area (Å²) in [5, 5.41) is 3.09. The number of carbonyl (C=O) groups excluding carboxylic acids is 1. The van der Waals surface area contributed by atoms with Gasteiger partial charge in [-0.05, 0) is 36.4 Å². The van der Waals surface area contributed by atoms with Crippen molar-refractivity contribution in [3.8, 4) is 0 Å². The van der Waals surface area contributed by atoms with Crippen molar-refractivity contribution in [1.82, 2.24) is 19.9 Å². The number of hydrogen-bond donors (Lipinski definition) is 1. The molecule has 1 fully saturated rings. The molecule has 0 spiro atoms. The molecule has 1 N–H and O–H groups in total. The first-order chi connectivity index (χ1) is 14.2. The van der Waals surface area contributed by atoms with Gasteiger partial charge in [-0.3, -0.25) is 9.78 Å². The summed E-state index contributed by atoms with van der Waals surface area (Å²) < 4.78 is 13.1. The van der Waals surface area contributed by atoms with E-state index in [1.54, 1.807) is 35.6 Å². The molecule has 0 atom stereocenters. The zero-order valence-corrected chi connectivity index (χ0v) is 15.8. The molecule has 3 aromatic rings. The minimum atomic E-state index is -0.250. The highest BCUT2D eigenvalue weighted by Crippen LogP contribution is 2.18. The Morgan fingerprint density at radius 3 is 2.34 bits per heavy atom. The SMILES string of the molecule is O=C(c1cnc(NCc2ccccn2)nc1)N1CCN(c2ccc(F)cc2)CC1. The first-order valence-electron chi connectivity index (χ1n) is 9.45. The maximum Gasteiger partial charge on any atom is 0.257 e. The fourth-order valence-electron chi connectivity index (χ4n) is 3.20. The van der Waals surface area contributed by atoms with Crippen molar-refractivity contribution in [3.63, 3.8) is 0 Å². The van der Waals surface area contributed by atoms with Crippen LogP contribution in [-0.2, 0) is 6.54 Å². The van der Waals surface area contributed by atoms with Crippen LogP contribution in [0.25, 0.3) is 0 Å². The summed E-state index contributed by atoms with van der Waals surface area (Å²) in [6, 6.07) is 12.1. The summed E-state index contributed by atoms with van der Waals surface area (Å²) in [5.41, 5.74) is 2.31. The van der Waals surface area contributed by atoms with Gasteiger partial charge in [-0.2, -0.15) is 0 Å². The minimum absolute atomic E-state index is 0.0833. The summed E-state index contributed by atoms with van der Waals surface area (Å²) in [5.74, 6) is 0.119. The van der Waals surface area contributed by atoms with Gasteiger partial charge in [-0.1, -0.05) is 6.07 Å². The van der Waals surface area contributed by atoms with Gasteiger partial charge in [-0.15, -0.1) is 0 Å². The van der Waals surface area contributed by atoms with Crippen LogP contribution in [0.3, 0.4) is 0 Å². The van der Waals surface area contributed by atoms with Crippen LogP contribution >= 0.6 is 0 Å². The number of carbonyl (C=O) groups is 1. The summed E-state index contributed by atoms with van der Waals surface area (Å²) in [6.45, 7) is 3.09. The average molecular weight is 392 g/mol. The molecular weight excluding hydrogens is 371 g/mol. The molecule has 1 saturated heterocycles. The maximum absolute atomic E-state index is 13.1. The van der Waals surface area contributed by atoms with Gasteiger partial charge < -0.3 is 15.1 Å². The third-order valence-electron chi connectivity index (χ3n) is 4.81. The molecule has 148 valence electrons. The first kappa shape index (κ1) is 18.8. The van der Waals surface area contributed by atoms with Gasteiger partial charge in [0.15, 0.2) is 0 Å². The van der Waals surface area contributed by atoms with Crippen LogP contribution in [-0.4, -0.2) is 51.9 Å². The zero-order valence-electron chi connectivity index (χ0n) is 15.8. The number of pyridine rings is 1. The van der Waals surface area contributed by atoms with Crippen LogP contribution in [0.2, 0.25) is 0 Å². The second-order valence-corrected chi connectivity index (χ2v) is 6.73. The Kier molecular flexibility index (Phi) is 5.60. The third kappa shape index (κ3) is 4.66. The molecule has 7 nitrogen and oxygen atoms in total. The molecule has 0 unspecified atom stereocenters. The fourth-order valence-corrected chi connectivity index (χ4v) is 3.20. The van der Waals surface area contributed by atoms with Gasteiger partial charge in [0.1, 0.15) is 5.82 Å². The molecule has 0 radical (unpaired) electrons. The first-order valence-corrected chi connectivity index (χ1v) is 9.45. The third-order valence-corrected chi connectivity index (χ3v) is 4.81. The average Bonchev–Trinajstić information content (AvgIpc) is 2.79. The molecule has 4 rings (SSSR count). The van der Waals surface area contributed by atoms with Crippen molar-refractivity contribution in [2.45, 2.75) is 6.54 Å². The number of benzene rings is 1. The maximum atomic E-state index is 13.1. The molecule has 8 heteroatoms. The van der Waals surface area contributed by atoms with E-state index >= 15 is 0 Å². The van der Waals surface area contributed by atoms with Crippen LogP contribution in [0.4, 0.5) is 16.0 Å². The number of anilines is 2. The number of nitrogens with zero attached hydrogens (tertiary/aromatic N) is 5.